The Kier molecular flexibility index (Phi) is 6.96. The van der Waals surface area contributed by atoms with E-state index in [9.17, 15) is 23.3 Å². The van der Waals surface area contributed by atoms with Crippen LogP contribution in [0.25, 0.3) is 0 Å². The fraction of sp³-hybridized carbons (Fsp3) is 0.389. The first-order chi connectivity index (χ1) is 13.9. The van der Waals surface area contributed by atoms with Gasteiger partial charge in [-0.25, -0.2) is 8.42 Å². The lowest BCUT2D eigenvalue weighted by molar-refractivity contribution is -0.385. The molecule has 0 atom stereocenters. The highest BCUT2D eigenvalue weighted by Crippen LogP contribution is 2.22. The van der Waals surface area contributed by atoms with E-state index in [1.54, 1.807) is 11.3 Å². The van der Waals surface area contributed by atoms with E-state index in [1.807, 2.05) is 22.4 Å². The summed E-state index contributed by atoms with van der Waals surface area (Å²) in [4.78, 5) is 25.4. The van der Waals surface area contributed by atoms with Crippen LogP contribution in [0.2, 0.25) is 0 Å². The number of carbonyl (C=O) groups is 1. The number of sulfonamides is 1. The second kappa shape index (κ2) is 9.44. The summed E-state index contributed by atoms with van der Waals surface area (Å²) in [5.74, 6) is -0.0865. The molecule has 0 spiro atoms. The summed E-state index contributed by atoms with van der Waals surface area (Å²) in [5.41, 5.74) is -0.260. The molecule has 1 fully saturated rings. The molecule has 11 heteroatoms. The smallest absolute Gasteiger partial charge is 0.270 e. The molecule has 1 amide bonds. The summed E-state index contributed by atoms with van der Waals surface area (Å²) in [7, 11) is -3.81. The number of non-ortho nitro benzene ring substituents is 1. The van der Waals surface area contributed by atoms with Crippen molar-refractivity contribution in [1.82, 2.24) is 14.5 Å². The maximum Gasteiger partial charge on any atom is 0.270 e. The molecule has 1 aliphatic rings. The number of benzene rings is 1. The Bertz CT molecular complexity index is 954. The van der Waals surface area contributed by atoms with Gasteiger partial charge in [-0.1, -0.05) is 12.1 Å². The number of nitro groups is 1. The zero-order chi connectivity index (χ0) is 20.9. The van der Waals surface area contributed by atoms with E-state index in [1.165, 1.54) is 27.4 Å². The number of thiophene rings is 1. The number of nitrogens with zero attached hydrogens (tertiary/aromatic N) is 3. The normalized spacial score (nSPS) is 15.9. The highest BCUT2D eigenvalue weighted by molar-refractivity contribution is 7.89. The molecule has 1 aromatic carbocycles. The molecule has 1 saturated heterocycles. The van der Waals surface area contributed by atoms with Gasteiger partial charge in [0.2, 0.25) is 15.9 Å². The third-order valence-electron chi connectivity index (χ3n) is 4.64. The highest BCUT2D eigenvalue weighted by atomic mass is 32.2. The summed E-state index contributed by atoms with van der Waals surface area (Å²) in [6.45, 7) is 2.09. The molecule has 2 heterocycles. The van der Waals surface area contributed by atoms with Gasteiger partial charge in [0.05, 0.1) is 16.4 Å². The zero-order valence-electron chi connectivity index (χ0n) is 15.7. The van der Waals surface area contributed by atoms with Crippen LogP contribution >= 0.6 is 11.3 Å². The van der Waals surface area contributed by atoms with Crippen LogP contribution in [0.3, 0.4) is 0 Å². The monoisotopic (exact) mass is 438 g/mol. The number of carbonyl (C=O) groups excluding carboxylic acids is 1. The largest absolute Gasteiger partial charge is 0.355 e. The van der Waals surface area contributed by atoms with Gasteiger partial charge >= 0.3 is 0 Å². The van der Waals surface area contributed by atoms with Gasteiger partial charge in [0.15, 0.2) is 0 Å². The van der Waals surface area contributed by atoms with E-state index < -0.39 is 14.9 Å². The number of nitrogens with one attached hydrogen (secondary N) is 1. The van der Waals surface area contributed by atoms with Gasteiger partial charge < -0.3 is 5.32 Å². The van der Waals surface area contributed by atoms with Gasteiger partial charge in [0.1, 0.15) is 0 Å². The van der Waals surface area contributed by atoms with Crippen LogP contribution in [-0.4, -0.2) is 67.7 Å². The first-order valence-corrected chi connectivity index (χ1v) is 11.4. The Morgan fingerprint density at radius 1 is 1.17 bits per heavy atom. The van der Waals surface area contributed by atoms with Crippen LogP contribution in [-0.2, 0) is 21.2 Å². The topological polar surface area (TPSA) is 113 Å². The third kappa shape index (κ3) is 5.60. The molecule has 0 radical (unpaired) electrons. The summed E-state index contributed by atoms with van der Waals surface area (Å²) in [6.07, 6.45) is 0.790. The molecule has 1 N–H and O–H groups in total. The van der Waals surface area contributed by atoms with E-state index >= 15 is 0 Å². The van der Waals surface area contributed by atoms with Gasteiger partial charge in [-0.05, 0) is 23.9 Å². The first-order valence-electron chi connectivity index (χ1n) is 9.12. The Balaban J connectivity index is 1.48. The predicted molar refractivity (Wildman–Crippen MR) is 109 cm³/mol. The van der Waals surface area contributed by atoms with Crippen LogP contribution in [0.4, 0.5) is 5.69 Å². The molecule has 1 aromatic heterocycles. The average molecular weight is 439 g/mol. The van der Waals surface area contributed by atoms with Crippen molar-refractivity contribution >= 4 is 33.0 Å². The van der Waals surface area contributed by atoms with E-state index in [4.69, 9.17) is 0 Å². The van der Waals surface area contributed by atoms with Crippen molar-refractivity contribution in [1.29, 1.82) is 0 Å². The van der Waals surface area contributed by atoms with Crippen molar-refractivity contribution in [2.75, 3.05) is 39.3 Å². The Morgan fingerprint density at radius 2 is 1.93 bits per heavy atom. The maximum absolute atomic E-state index is 12.8. The lowest BCUT2D eigenvalue weighted by atomic mass is 10.3. The summed E-state index contributed by atoms with van der Waals surface area (Å²) in [6, 6.07) is 9.05. The minimum atomic E-state index is -3.81. The Hall–Kier alpha value is -2.34. The molecular weight excluding hydrogens is 416 g/mol. The van der Waals surface area contributed by atoms with E-state index in [-0.39, 0.29) is 36.1 Å². The predicted octanol–water partition coefficient (Wildman–Crippen LogP) is 1.32. The second-order valence-corrected chi connectivity index (χ2v) is 9.58. The standard InChI is InChI=1S/C18H22N4O5S2/c23-18(19-7-6-16-4-2-12-28-16)14-20-8-10-21(11-9-20)29(26,27)17-5-1-3-15(13-17)22(24)25/h1-5,12-13H,6-11,14H2,(H,19,23). The molecule has 0 saturated carbocycles. The van der Waals surface area contributed by atoms with Gasteiger partial charge in [0.25, 0.3) is 5.69 Å². The third-order valence-corrected chi connectivity index (χ3v) is 7.47. The van der Waals surface area contributed by atoms with Gasteiger partial charge in [0, 0.05) is 49.7 Å². The van der Waals surface area contributed by atoms with Crippen molar-refractivity contribution in [3.63, 3.8) is 0 Å². The second-order valence-electron chi connectivity index (χ2n) is 6.61. The van der Waals surface area contributed by atoms with E-state index in [0.717, 1.165) is 12.5 Å². The van der Waals surface area contributed by atoms with Crippen LogP contribution < -0.4 is 5.32 Å². The summed E-state index contributed by atoms with van der Waals surface area (Å²) < 4.78 is 26.8. The van der Waals surface area contributed by atoms with Crippen molar-refractivity contribution in [2.24, 2.45) is 0 Å². The molecule has 1 aliphatic heterocycles. The molecule has 2 aromatic rings. The highest BCUT2D eigenvalue weighted by Gasteiger charge is 2.30. The molecule has 9 nitrogen and oxygen atoms in total. The van der Waals surface area contributed by atoms with Crippen LogP contribution in [0.1, 0.15) is 4.88 Å². The minimum Gasteiger partial charge on any atom is -0.355 e. The Labute approximate surface area is 173 Å². The summed E-state index contributed by atoms with van der Waals surface area (Å²) >= 11 is 1.65. The van der Waals surface area contributed by atoms with Crippen molar-refractivity contribution in [3.05, 3.63) is 56.8 Å². The Morgan fingerprint density at radius 3 is 2.59 bits per heavy atom. The van der Waals surface area contributed by atoms with Crippen LogP contribution in [0, 0.1) is 10.1 Å². The molecule has 0 aliphatic carbocycles. The van der Waals surface area contributed by atoms with Crippen molar-refractivity contribution < 1.29 is 18.1 Å². The fourth-order valence-electron chi connectivity index (χ4n) is 3.07. The van der Waals surface area contributed by atoms with Crippen LogP contribution in [0.5, 0.6) is 0 Å². The number of nitro benzene ring substituents is 1. The number of amides is 1. The van der Waals surface area contributed by atoms with Crippen LogP contribution in [0.15, 0.2) is 46.7 Å². The van der Waals surface area contributed by atoms with E-state index in [2.05, 4.69) is 5.32 Å². The minimum absolute atomic E-state index is 0.0865. The quantitative estimate of drug-likeness (QED) is 0.491. The van der Waals surface area contributed by atoms with Gasteiger partial charge in [-0.15, -0.1) is 11.3 Å². The molecule has 3 rings (SSSR count). The average Bonchev–Trinajstić information content (AvgIpc) is 3.22. The maximum atomic E-state index is 12.8. The number of piperazine rings is 1. The molecular formula is C18H22N4O5S2. The first kappa shape index (κ1) is 21.4. The molecule has 0 bridgehead atoms. The summed E-state index contributed by atoms with van der Waals surface area (Å²) in [5, 5.41) is 15.8. The number of hydrogen-bond donors (Lipinski definition) is 1. The van der Waals surface area contributed by atoms with Gasteiger partial charge in [-0.2, -0.15) is 4.31 Å². The fourth-order valence-corrected chi connectivity index (χ4v) is 5.24. The lowest BCUT2D eigenvalue weighted by Crippen LogP contribution is -2.51. The van der Waals surface area contributed by atoms with Crippen molar-refractivity contribution in [2.45, 2.75) is 11.3 Å². The lowest BCUT2D eigenvalue weighted by Gasteiger charge is -2.33. The molecule has 0 unspecified atom stereocenters. The zero-order valence-corrected chi connectivity index (χ0v) is 17.3. The molecule has 156 valence electrons. The number of rotatable bonds is 8. The van der Waals surface area contributed by atoms with Gasteiger partial charge in [-0.3, -0.25) is 19.8 Å². The van der Waals surface area contributed by atoms with E-state index in [0.29, 0.717) is 19.6 Å². The van der Waals surface area contributed by atoms with Crippen molar-refractivity contribution in [3.8, 4) is 0 Å². The number of hydrogen-bond acceptors (Lipinski definition) is 7. The molecule has 29 heavy (non-hydrogen) atoms. The SMILES string of the molecule is O=C(CN1CCN(S(=O)(=O)c2cccc([N+](=O)[O-])c2)CC1)NCCc1cccs1.